The maximum Gasteiger partial charge on any atom is 0.305 e. The van der Waals surface area contributed by atoms with Crippen molar-refractivity contribution in [2.45, 2.75) is 83.2 Å². The summed E-state index contributed by atoms with van der Waals surface area (Å²) in [5, 5.41) is 3.16. The highest BCUT2D eigenvalue weighted by Crippen LogP contribution is 2.42. The zero-order chi connectivity index (χ0) is 31.7. The summed E-state index contributed by atoms with van der Waals surface area (Å²) in [6.45, 7) is 8.44. The normalized spacial score (nSPS) is 14.3. The van der Waals surface area contributed by atoms with E-state index in [1.807, 2.05) is 107 Å². The number of unbranched alkanes of at least 4 members (excludes halogenated alkanes) is 2. The van der Waals surface area contributed by atoms with E-state index >= 15 is 0 Å². The third kappa shape index (κ3) is 8.31. The summed E-state index contributed by atoms with van der Waals surface area (Å²) in [6.07, 6.45) is 4.33. The number of para-hydroxylation sites is 1. The second kappa shape index (κ2) is 14.6. The molecule has 7 nitrogen and oxygen atoms in total. The Labute approximate surface area is 262 Å². The smallest absolute Gasteiger partial charge is 0.305 e. The van der Waals surface area contributed by atoms with Crippen molar-refractivity contribution in [3.63, 3.8) is 0 Å². The largest absolute Gasteiger partial charge is 0.493 e. The third-order valence-electron chi connectivity index (χ3n) is 7.78. The van der Waals surface area contributed by atoms with Crippen LogP contribution < -0.4 is 10.1 Å². The van der Waals surface area contributed by atoms with E-state index in [9.17, 15) is 14.4 Å². The molecule has 2 amide bonds. The highest BCUT2D eigenvalue weighted by Gasteiger charge is 2.51. The molecular formula is C36H45BN2O5. The summed E-state index contributed by atoms with van der Waals surface area (Å²) in [6, 6.07) is 25.1. The van der Waals surface area contributed by atoms with Crippen molar-refractivity contribution in [2.75, 3.05) is 13.2 Å². The van der Waals surface area contributed by atoms with Crippen molar-refractivity contribution in [1.29, 1.82) is 0 Å². The van der Waals surface area contributed by atoms with Gasteiger partial charge in [-0.1, -0.05) is 60.7 Å². The summed E-state index contributed by atoms with van der Waals surface area (Å²) in [7, 11) is 1.84. The van der Waals surface area contributed by atoms with Gasteiger partial charge in [0.1, 0.15) is 11.2 Å². The Bertz CT molecular complexity index is 1420. The van der Waals surface area contributed by atoms with Crippen molar-refractivity contribution in [1.82, 2.24) is 10.2 Å². The molecule has 0 radical (unpaired) electrons. The summed E-state index contributed by atoms with van der Waals surface area (Å²) < 4.78 is 11.3. The van der Waals surface area contributed by atoms with Crippen LogP contribution in [-0.4, -0.2) is 55.3 Å². The van der Waals surface area contributed by atoms with Crippen molar-refractivity contribution >= 4 is 25.6 Å². The van der Waals surface area contributed by atoms with Gasteiger partial charge >= 0.3 is 5.97 Å². The zero-order valence-electron chi connectivity index (χ0n) is 26.7. The summed E-state index contributed by atoms with van der Waals surface area (Å²) in [5.41, 5.74) is 1.44. The molecule has 1 N–H and O–H groups in total. The standard InChI is InChI=1S/C36H45BN2O5/c1-5-43-32(40)18-10-7-13-25-44-31-17-12-11-16-30(31)36(37,34(42)38-35(2,3)4)39(29-23-24-29)33(41)28-21-19-27(20-22-28)26-14-8-6-9-15-26/h6,8-9,11-12,14-17,19-22,29H,5,7,10,13,18,23-25,37H2,1-4H3,(H,38,42). The molecule has 0 spiro atoms. The Kier molecular flexibility index (Phi) is 10.9. The van der Waals surface area contributed by atoms with E-state index < -0.39 is 11.0 Å². The van der Waals surface area contributed by atoms with Gasteiger partial charge in [0.25, 0.3) is 5.91 Å². The van der Waals surface area contributed by atoms with Gasteiger partial charge in [-0.3, -0.25) is 14.4 Å². The van der Waals surface area contributed by atoms with Crippen LogP contribution in [0.15, 0.2) is 78.9 Å². The summed E-state index contributed by atoms with van der Waals surface area (Å²) >= 11 is 0. The van der Waals surface area contributed by atoms with Crippen molar-refractivity contribution in [3.8, 4) is 16.9 Å². The molecule has 232 valence electrons. The molecule has 1 unspecified atom stereocenters. The number of rotatable bonds is 14. The minimum Gasteiger partial charge on any atom is -0.493 e. The fraction of sp³-hybridized carbons (Fsp3) is 0.417. The lowest BCUT2D eigenvalue weighted by Crippen LogP contribution is -2.62. The van der Waals surface area contributed by atoms with Gasteiger partial charge in [-0.05, 0) is 89.1 Å². The Hall–Kier alpha value is -4.07. The van der Waals surface area contributed by atoms with Gasteiger partial charge < -0.3 is 19.7 Å². The lowest BCUT2D eigenvalue weighted by atomic mass is 9.68. The van der Waals surface area contributed by atoms with Gasteiger partial charge in [-0.2, -0.15) is 0 Å². The molecule has 3 aromatic carbocycles. The number of ether oxygens (including phenoxy) is 2. The molecule has 0 aliphatic heterocycles. The van der Waals surface area contributed by atoms with Crippen LogP contribution in [0, 0.1) is 0 Å². The van der Waals surface area contributed by atoms with Crippen LogP contribution >= 0.6 is 0 Å². The first-order chi connectivity index (χ1) is 21.0. The molecule has 44 heavy (non-hydrogen) atoms. The van der Waals surface area contributed by atoms with Gasteiger partial charge in [0.05, 0.1) is 13.2 Å². The number of hydrogen-bond donors (Lipinski definition) is 1. The van der Waals surface area contributed by atoms with Crippen LogP contribution in [0.3, 0.4) is 0 Å². The first-order valence-corrected chi connectivity index (χ1v) is 15.7. The van der Waals surface area contributed by atoms with Gasteiger partial charge in [0, 0.05) is 29.1 Å². The number of carbonyl (C=O) groups is 3. The van der Waals surface area contributed by atoms with Crippen LogP contribution in [-0.2, 0) is 19.8 Å². The van der Waals surface area contributed by atoms with Crippen molar-refractivity contribution < 1.29 is 23.9 Å². The monoisotopic (exact) mass is 596 g/mol. The van der Waals surface area contributed by atoms with Gasteiger partial charge in [-0.25, -0.2) is 0 Å². The predicted molar refractivity (Wildman–Crippen MR) is 176 cm³/mol. The average Bonchev–Trinajstić information content (AvgIpc) is 3.84. The lowest BCUT2D eigenvalue weighted by molar-refractivity contribution is -0.143. The maximum absolute atomic E-state index is 14.4. The van der Waals surface area contributed by atoms with E-state index in [2.05, 4.69) is 5.32 Å². The van der Waals surface area contributed by atoms with Crippen LogP contribution in [0.5, 0.6) is 5.75 Å². The molecule has 0 heterocycles. The maximum atomic E-state index is 14.4. The fourth-order valence-corrected chi connectivity index (χ4v) is 5.42. The average molecular weight is 597 g/mol. The number of nitrogens with zero attached hydrogens (tertiary/aromatic N) is 1. The molecule has 1 atom stereocenters. The first-order valence-electron chi connectivity index (χ1n) is 15.7. The van der Waals surface area contributed by atoms with Crippen LogP contribution in [0.4, 0.5) is 0 Å². The van der Waals surface area contributed by atoms with Crippen LogP contribution in [0.25, 0.3) is 11.1 Å². The molecule has 1 fully saturated rings. The van der Waals surface area contributed by atoms with Crippen molar-refractivity contribution in [2.24, 2.45) is 0 Å². The summed E-state index contributed by atoms with van der Waals surface area (Å²) in [4.78, 5) is 42.1. The van der Waals surface area contributed by atoms with E-state index in [-0.39, 0.29) is 23.8 Å². The quantitative estimate of drug-likeness (QED) is 0.143. The molecule has 4 rings (SSSR count). The number of nitrogens with one attached hydrogen (secondary N) is 1. The fourth-order valence-electron chi connectivity index (χ4n) is 5.42. The van der Waals surface area contributed by atoms with E-state index in [4.69, 9.17) is 9.47 Å². The third-order valence-corrected chi connectivity index (χ3v) is 7.78. The Morgan fingerprint density at radius 2 is 1.50 bits per heavy atom. The van der Waals surface area contributed by atoms with Gasteiger partial charge in [0.15, 0.2) is 7.85 Å². The molecule has 0 aromatic heterocycles. The second-order valence-electron chi connectivity index (χ2n) is 12.6. The van der Waals surface area contributed by atoms with E-state index in [1.54, 1.807) is 11.8 Å². The van der Waals surface area contributed by atoms with E-state index in [0.717, 1.165) is 43.2 Å². The minimum atomic E-state index is -1.33. The van der Waals surface area contributed by atoms with E-state index in [1.165, 1.54) is 0 Å². The van der Waals surface area contributed by atoms with E-state index in [0.29, 0.717) is 36.5 Å². The molecule has 1 aliphatic carbocycles. The summed E-state index contributed by atoms with van der Waals surface area (Å²) in [5.74, 6) is -0.0506. The Morgan fingerprint density at radius 3 is 2.14 bits per heavy atom. The number of hydrogen-bond acceptors (Lipinski definition) is 5. The minimum absolute atomic E-state index is 0.0667. The molecule has 3 aromatic rings. The molecule has 1 aliphatic rings. The molecule has 0 bridgehead atoms. The number of amides is 2. The lowest BCUT2D eigenvalue weighted by Gasteiger charge is -2.43. The Balaban J connectivity index is 1.62. The molecule has 0 saturated heterocycles. The number of esters is 1. The zero-order valence-corrected chi connectivity index (χ0v) is 26.7. The second-order valence-corrected chi connectivity index (χ2v) is 12.6. The predicted octanol–water partition coefficient (Wildman–Crippen LogP) is 5.86. The van der Waals surface area contributed by atoms with Gasteiger partial charge in [-0.15, -0.1) is 0 Å². The van der Waals surface area contributed by atoms with Crippen molar-refractivity contribution in [3.05, 3.63) is 90.0 Å². The topological polar surface area (TPSA) is 84.9 Å². The SMILES string of the molecule is BC(C(=O)NC(C)(C)C)(c1ccccc1OCCCCCC(=O)OCC)N(C(=O)c1ccc(-c2ccccc2)cc1)C1CC1. The molecular weight excluding hydrogens is 551 g/mol. The molecule has 8 heteroatoms. The Morgan fingerprint density at radius 1 is 0.864 bits per heavy atom. The van der Waals surface area contributed by atoms with Gasteiger partial charge in [0.2, 0.25) is 5.91 Å². The number of carbonyl (C=O) groups excluding carboxylic acids is 3. The number of benzene rings is 3. The first kappa shape index (κ1) is 32.8. The molecule has 1 saturated carbocycles. The highest BCUT2D eigenvalue weighted by atomic mass is 16.5. The van der Waals surface area contributed by atoms with Crippen LogP contribution in [0.2, 0.25) is 0 Å². The highest BCUT2D eigenvalue weighted by molar-refractivity contribution is 6.30. The van der Waals surface area contributed by atoms with Crippen LogP contribution in [0.1, 0.15) is 82.1 Å².